The van der Waals surface area contributed by atoms with Gasteiger partial charge < -0.3 is 63.6 Å². The van der Waals surface area contributed by atoms with Crippen molar-refractivity contribution in [3.8, 4) is 11.5 Å². The van der Waals surface area contributed by atoms with Gasteiger partial charge in [0.05, 0.1) is 19.1 Å². The molecule has 0 aliphatic heterocycles. The normalized spacial score (nSPS) is 14.7. The van der Waals surface area contributed by atoms with Gasteiger partial charge in [-0.1, -0.05) is 51.0 Å². The maximum Gasteiger partial charge on any atom is 0.326 e. The first-order chi connectivity index (χ1) is 26.5. The molecule has 19 heteroatoms. The van der Waals surface area contributed by atoms with Crippen LogP contribution in [0.1, 0.15) is 57.1 Å². The number of benzene rings is 2. The van der Waals surface area contributed by atoms with Gasteiger partial charge in [0, 0.05) is 12.8 Å². The summed E-state index contributed by atoms with van der Waals surface area (Å²) >= 11 is 0. The lowest BCUT2D eigenvalue weighted by Gasteiger charge is -2.28. The van der Waals surface area contributed by atoms with Crippen molar-refractivity contribution < 1.29 is 59.1 Å². The fourth-order valence-corrected chi connectivity index (χ4v) is 5.40. The first kappa shape index (κ1) is 46.4. The van der Waals surface area contributed by atoms with Crippen molar-refractivity contribution in [3.05, 3.63) is 59.7 Å². The fourth-order valence-electron chi connectivity index (χ4n) is 5.40. The molecule has 0 aliphatic carbocycles. The Kier molecular flexibility index (Phi) is 19.2. The Morgan fingerprint density at radius 1 is 0.643 bits per heavy atom. The predicted octanol–water partition coefficient (Wildman–Crippen LogP) is -1.64. The van der Waals surface area contributed by atoms with Crippen molar-refractivity contribution in [1.82, 2.24) is 26.6 Å². The first-order valence-electron chi connectivity index (χ1n) is 18.1. The van der Waals surface area contributed by atoms with Gasteiger partial charge in [0.15, 0.2) is 0 Å². The van der Waals surface area contributed by atoms with Crippen LogP contribution in [0.15, 0.2) is 48.5 Å². The predicted molar refractivity (Wildman–Crippen MR) is 201 cm³/mol. The van der Waals surface area contributed by atoms with Crippen LogP contribution in [-0.2, 0) is 46.4 Å². The van der Waals surface area contributed by atoms with E-state index in [9.17, 15) is 59.1 Å². The van der Waals surface area contributed by atoms with Crippen LogP contribution in [0.25, 0.3) is 0 Å². The lowest BCUT2D eigenvalue weighted by atomic mass is 9.97. The molecule has 2 aromatic carbocycles. The SMILES string of the molecule is CCC(C)[C@H](NC(=O)[C@@H](N)CCCCN)C(=O)N[C@@H](CO)C(=O)N[C@@H](Cc1ccc(O)cc1)C(=O)N[C@@H](CC(=O)O)C(=O)N[C@@H](Cc1ccc(O)cc1)C(=O)O. The lowest BCUT2D eigenvalue weighted by Crippen LogP contribution is -2.61. The van der Waals surface area contributed by atoms with E-state index in [0.29, 0.717) is 43.4 Å². The highest BCUT2D eigenvalue weighted by molar-refractivity contribution is 5.97. The summed E-state index contributed by atoms with van der Waals surface area (Å²) in [4.78, 5) is 90.6. The van der Waals surface area contributed by atoms with Gasteiger partial charge in [-0.2, -0.15) is 0 Å². The van der Waals surface area contributed by atoms with Crippen molar-refractivity contribution >= 4 is 41.5 Å². The third kappa shape index (κ3) is 15.5. The smallest absolute Gasteiger partial charge is 0.326 e. The van der Waals surface area contributed by atoms with E-state index in [0.717, 1.165) is 0 Å². The van der Waals surface area contributed by atoms with E-state index in [-0.39, 0.29) is 24.3 Å². The zero-order valence-electron chi connectivity index (χ0n) is 31.3. The van der Waals surface area contributed by atoms with E-state index in [1.165, 1.54) is 48.5 Å². The summed E-state index contributed by atoms with van der Waals surface area (Å²) in [5.74, 6) is -8.38. The molecule has 0 radical (unpaired) electrons. The maximum absolute atomic E-state index is 13.7. The summed E-state index contributed by atoms with van der Waals surface area (Å²) in [5.41, 5.74) is 12.3. The Labute approximate surface area is 323 Å². The highest BCUT2D eigenvalue weighted by Gasteiger charge is 2.34. The fraction of sp³-hybridized carbons (Fsp3) is 0.486. The standard InChI is InChI=1S/C37H53N7O12/c1-3-20(2)31(44-32(50)25(39)6-4-5-15-38)36(54)43-29(19-45)35(53)40-26(16-21-7-11-23(46)12-8-21)33(51)41-27(18-30(48)49)34(52)42-28(37(55)56)17-22-9-13-24(47)14-10-22/h7-14,20,25-29,31,45-47H,3-6,15-19,38-39H2,1-2H3,(H,40,53)(H,41,51)(H,42,52)(H,43,54)(H,44,50)(H,48,49)(H,55,56)/t20?,25-,26-,27-,28-,29-,31-/m0/s1. The van der Waals surface area contributed by atoms with Crippen molar-refractivity contribution in [2.24, 2.45) is 17.4 Å². The van der Waals surface area contributed by atoms with Crippen LogP contribution in [-0.4, -0.2) is 116 Å². The van der Waals surface area contributed by atoms with E-state index in [1.54, 1.807) is 13.8 Å². The molecule has 308 valence electrons. The zero-order chi connectivity index (χ0) is 41.9. The quantitative estimate of drug-likeness (QED) is 0.0532. The second-order valence-electron chi connectivity index (χ2n) is 13.4. The summed E-state index contributed by atoms with van der Waals surface area (Å²) in [6.45, 7) is 2.93. The molecule has 7 atom stereocenters. The molecular formula is C37H53N7O12. The minimum absolute atomic E-state index is 0.0789. The van der Waals surface area contributed by atoms with Crippen LogP contribution in [0.5, 0.6) is 11.5 Å². The molecule has 5 amide bonds. The molecule has 1 unspecified atom stereocenters. The number of hydrogen-bond donors (Lipinski definition) is 12. The molecule has 0 aromatic heterocycles. The van der Waals surface area contributed by atoms with E-state index >= 15 is 0 Å². The van der Waals surface area contributed by atoms with Gasteiger partial charge in [-0.3, -0.25) is 28.8 Å². The molecule has 0 saturated carbocycles. The van der Waals surface area contributed by atoms with Crippen LogP contribution < -0.4 is 38.1 Å². The van der Waals surface area contributed by atoms with E-state index < -0.39 is 96.7 Å². The Hall–Kier alpha value is -5.79. The Morgan fingerprint density at radius 3 is 1.59 bits per heavy atom. The average Bonchev–Trinajstić information content (AvgIpc) is 3.15. The number of unbranched alkanes of at least 4 members (excludes halogenated alkanes) is 1. The molecule has 0 bridgehead atoms. The molecule has 2 rings (SSSR count). The van der Waals surface area contributed by atoms with Gasteiger partial charge >= 0.3 is 11.9 Å². The number of amides is 5. The molecule has 0 saturated heterocycles. The number of phenols is 2. The number of nitrogens with two attached hydrogens (primary N) is 2. The molecule has 0 spiro atoms. The third-order valence-corrected chi connectivity index (χ3v) is 8.93. The molecule has 0 aliphatic rings. The van der Waals surface area contributed by atoms with Gasteiger partial charge in [-0.25, -0.2) is 4.79 Å². The molecule has 0 fully saturated rings. The Bertz CT molecular complexity index is 1640. The number of phenolic OH excluding ortho intramolecular Hbond substituents is 2. The molecular weight excluding hydrogens is 734 g/mol. The zero-order valence-corrected chi connectivity index (χ0v) is 31.3. The number of carboxylic acids is 2. The van der Waals surface area contributed by atoms with Crippen molar-refractivity contribution in [1.29, 1.82) is 0 Å². The molecule has 19 nitrogen and oxygen atoms in total. The number of nitrogens with one attached hydrogen (secondary N) is 5. The van der Waals surface area contributed by atoms with Crippen molar-refractivity contribution in [3.63, 3.8) is 0 Å². The van der Waals surface area contributed by atoms with Crippen LogP contribution in [0, 0.1) is 5.92 Å². The molecule has 14 N–H and O–H groups in total. The van der Waals surface area contributed by atoms with Crippen molar-refractivity contribution in [2.75, 3.05) is 13.2 Å². The van der Waals surface area contributed by atoms with Crippen LogP contribution in [0.2, 0.25) is 0 Å². The highest BCUT2D eigenvalue weighted by atomic mass is 16.4. The minimum Gasteiger partial charge on any atom is -0.508 e. The average molecular weight is 788 g/mol. The van der Waals surface area contributed by atoms with Crippen LogP contribution in [0.4, 0.5) is 0 Å². The number of aliphatic carboxylic acids is 2. The van der Waals surface area contributed by atoms with Gasteiger partial charge in [0.2, 0.25) is 29.5 Å². The number of carbonyl (C=O) groups is 7. The monoisotopic (exact) mass is 787 g/mol. The van der Waals surface area contributed by atoms with Gasteiger partial charge in [-0.15, -0.1) is 0 Å². The van der Waals surface area contributed by atoms with E-state index in [1.807, 2.05) is 0 Å². The number of rotatable bonds is 24. The topological polar surface area (TPSA) is 333 Å². The van der Waals surface area contributed by atoms with Crippen LogP contribution >= 0.6 is 0 Å². The summed E-state index contributed by atoms with van der Waals surface area (Å²) in [7, 11) is 0. The maximum atomic E-state index is 13.7. The molecule has 0 heterocycles. The molecule has 2 aromatic rings. The Morgan fingerprint density at radius 2 is 1.11 bits per heavy atom. The lowest BCUT2D eigenvalue weighted by molar-refractivity contribution is -0.143. The summed E-state index contributed by atoms with van der Waals surface area (Å²) in [6, 6.07) is 2.19. The van der Waals surface area contributed by atoms with Gasteiger partial charge in [0.25, 0.3) is 0 Å². The summed E-state index contributed by atoms with van der Waals surface area (Å²) < 4.78 is 0. The summed E-state index contributed by atoms with van der Waals surface area (Å²) in [5, 5.41) is 60.6. The highest BCUT2D eigenvalue weighted by Crippen LogP contribution is 2.14. The molecule has 56 heavy (non-hydrogen) atoms. The number of aliphatic hydroxyl groups is 1. The minimum atomic E-state index is -1.84. The Balaban J connectivity index is 2.31. The number of hydrogen-bond acceptors (Lipinski definition) is 12. The van der Waals surface area contributed by atoms with E-state index in [4.69, 9.17) is 11.5 Å². The summed E-state index contributed by atoms with van der Waals surface area (Å²) in [6.07, 6.45) is 0.444. The van der Waals surface area contributed by atoms with Gasteiger partial charge in [-0.05, 0) is 60.7 Å². The number of aromatic hydroxyl groups is 2. The first-order valence-corrected chi connectivity index (χ1v) is 18.1. The largest absolute Gasteiger partial charge is 0.508 e. The van der Waals surface area contributed by atoms with Crippen molar-refractivity contribution in [2.45, 2.75) is 95.0 Å². The second-order valence-corrected chi connectivity index (χ2v) is 13.4. The number of carbonyl (C=O) groups excluding carboxylic acids is 5. The number of aliphatic hydroxyl groups excluding tert-OH is 1. The number of carboxylic acid groups (broad SMARTS) is 2. The van der Waals surface area contributed by atoms with Crippen LogP contribution in [0.3, 0.4) is 0 Å². The second kappa shape index (κ2) is 23.2. The third-order valence-electron chi connectivity index (χ3n) is 8.93. The van der Waals surface area contributed by atoms with Gasteiger partial charge in [0.1, 0.15) is 41.7 Å². The van der Waals surface area contributed by atoms with E-state index in [2.05, 4.69) is 26.6 Å².